The second-order valence-corrected chi connectivity index (χ2v) is 6.45. The first-order valence-corrected chi connectivity index (χ1v) is 7.98. The van der Waals surface area contributed by atoms with E-state index in [1.807, 2.05) is 4.90 Å². The average Bonchev–Trinajstić information content (AvgIpc) is 3.25. The highest BCUT2D eigenvalue weighted by molar-refractivity contribution is 6.30. The third kappa shape index (κ3) is 2.67. The Morgan fingerprint density at radius 3 is 2.91 bits per heavy atom. The second kappa shape index (κ2) is 5.50. The molecule has 0 bridgehead atoms. The molecule has 2 aromatic rings. The zero-order valence-corrected chi connectivity index (χ0v) is 12.8. The normalized spacial score (nSPS) is 22.1. The van der Waals surface area contributed by atoms with Crippen LogP contribution in [0.1, 0.15) is 49.2 Å². The highest BCUT2D eigenvalue weighted by Crippen LogP contribution is 2.39. The smallest absolute Gasteiger partial charge is 0.229 e. The summed E-state index contributed by atoms with van der Waals surface area (Å²) in [5.74, 6) is 2.06. The molecule has 0 radical (unpaired) electrons. The van der Waals surface area contributed by atoms with Gasteiger partial charge in [0.05, 0.1) is 5.02 Å². The largest absolute Gasteiger partial charge is 0.353 e. The molecule has 4 rings (SSSR count). The van der Waals surface area contributed by atoms with Crippen LogP contribution in [0, 0.1) is 5.82 Å². The number of hydrogen-bond donors (Lipinski definition) is 0. The number of aromatic nitrogens is 3. The van der Waals surface area contributed by atoms with Gasteiger partial charge in [0, 0.05) is 31.1 Å². The molecule has 1 saturated heterocycles. The Morgan fingerprint density at radius 1 is 1.27 bits per heavy atom. The highest BCUT2D eigenvalue weighted by atomic mass is 35.5. The molecule has 2 aliphatic rings. The number of pyridine rings is 1. The molecule has 7 heteroatoms. The maximum atomic E-state index is 14.0. The van der Waals surface area contributed by atoms with Gasteiger partial charge in [0.1, 0.15) is 0 Å². The summed E-state index contributed by atoms with van der Waals surface area (Å²) < 4.78 is 19.4. The van der Waals surface area contributed by atoms with E-state index in [9.17, 15) is 4.39 Å². The van der Waals surface area contributed by atoms with Gasteiger partial charge in [0.2, 0.25) is 5.89 Å². The third-order valence-corrected chi connectivity index (χ3v) is 4.47. The van der Waals surface area contributed by atoms with Gasteiger partial charge in [-0.25, -0.2) is 9.37 Å². The summed E-state index contributed by atoms with van der Waals surface area (Å²) in [5, 5.41) is 4.43. The van der Waals surface area contributed by atoms with Gasteiger partial charge < -0.3 is 9.42 Å². The molecule has 0 spiro atoms. The van der Waals surface area contributed by atoms with Crippen LogP contribution >= 0.6 is 11.6 Å². The van der Waals surface area contributed by atoms with Crippen LogP contribution in [0.15, 0.2) is 16.8 Å². The van der Waals surface area contributed by atoms with E-state index in [-0.39, 0.29) is 11.7 Å². The molecule has 116 valence electrons. The monoisotopic (exact) mass is 322 g/mol. The van der Waals surface area contributed by atoms with E-state index in [2.05, 4.69) is 15.1 Å². The summed E-state index contributed by atoms with van der Waals surface area (Å²) in [6, 6.07) is 1.30. The lowest BCUT2D eigenvalue weighted by atomic mass is 9.97. The van der Waals surface area contributed by atoms with Crippen LogP contribution in [0.3, 0.4) is 0 Å². The van der Waals surface area contributed by atoms with Gasteiger partial charge in [-0.1, -0.05) is 16.8 Å². The minimum Gasteiger partial charge on any atom is -0.353 e. The maximum absolute atomic E-state index is 14.0. The first-order valence-electron chi connectivity index (χ1n) is 7.60. The van der Waals surface area contributed by atoms with Crippen molar-refractivity contribution in [1.82, 2.24) is 15.1 Å². The fraction of sp³-hybridized carbons (Fsp3) is 0.533. The van der Waals surface area contributed by atoms with Crippen LogP contribution in [0.2, 0.25) is 5.02 Å². The SMILES string of the molecule is Fc1cc(Cl)cnc1N1CCC[C@@H](c2noc(C3CC3)n2)C1. The van der Waals surface area contributed by atoms with Crippen molar-refractivity contribution >= 4 is 17.4 Å². The van der Waals surface area contributed by atoms with E-state index < -0.39 is 0 Å². The molecule has 0 amide bonds. The molecule has 0 aromatic carbocycles. The number of rotatable bonds is 3. The van der Waals surface area contributed by atoms with Crippen LogP contribution in [0.4, 0.5) is 10.2 Å². The van der Waals surface area contributed by atoms with Crippen molar-refractivity contribution in [3.05, 3.63) is 34.8 Å². The van der Waals surface area contributed by atoms with Crippen molar-refractivity contribution < 1.29 is 8.91 Å². The molecule has 5 nitrogen and oxygen atoms in total. The lowest BCUT2D eigenvalue weighted by molar-refractivity contribution is 0.365. The molecule has 0 N–H and O–H groups in total. The Balaban J connectivity index is 1.53. The van der Waals surface area contributed by atoms with Crippen LogP contribution in [0.25, 0.3) is 0 Å². The van der Waals surface area contributed by atoms with Crippen molar-refractivity contribution in [2.45, 2.75) is 37.5 Å². The first kappa shape index (κ1) is 13.9. The third-order valence-electron chi connectivity index (χ3n) is 4.26. The predicted molar refractivity (Wildman–Crippen MR) is 79.7 cm³/mol. The number of anilines is 1. The minimum atomic E-state index is -0.389. The maximum Gasteiger partial charge on any atom is 0.229 e. The minimum absolute atomic E-state index is 0.155. The number of piperidine rings is 1. The summed E-state index contributed by atoms with van der Waals surface area (Å²) in [7, 11) is 0. The van der Waals surface area contributed by atoms with Crippen molar-refractivity contribution in [3.8, 4) is 0 Å². The molecular weight excluding hydrogens is 307 g/mol. The Labute approximate surface area is 132 Å². The lowest BCUT2D eigenvalue weighted by Gasteiger charge is -2.32. The van der Waals surface area contributed by atoms with E-state index in [1.165, 1.54) is 12.3 Å². The summed E-state index contributed by atoms with van der Waals surface area (Å²) in [6.07, 6.45) is 5.68. The van der Waals surface area contributed by atoms with E-state index in [4.69, 9.17) is 16.1 Å². The fourth-order valence-corrected chi connectivity index (χ4v) is 3.07. The zero-order chi connectivity index (χ0) is 15.1. The molecule has 0 unspecified atom stereocenters. The van der Waals surface area contributed by atoms with Crippen molar-refractivity contribution in [2.24, 2.45) is 0 Å². The first-order chi connectivity index (χ1) is 10.7. The van der Waals surface area contributed by atoms with Gasteiger partial charge in [0.15, 0.2) is 17.5 Å². The van der Waals surface area contributed by atoms with Crippen LogP contribution in [0.5, 0.6) is 0 Å². The summed E-state index contributed by atoms with van der Waals surface area (Å²) >= 11 is 5.77. The van der Waals surface area contributed by atoms with E-state index in [0.29, 0.717) is 23.3 Å². The van der Waals surface area contributed by atoms with Crippen LogP contribution in [-0.4, -0.2) is 28.2 Å². The molecule has 1 aliphatic carbocycles. The molecule has 1 atom stereocenters. The predicted octanol–water partition coefficient (Wildman–Crippen LogP) is 3.52. The zero-order valence-electron chi connectivity index (χ0n) is 12.0. The lowest BCUT2D eigenvalue weighted by Crippen LogP contribution is -2.35. The second-order valence-electron chi connectivity index (χ2n) is 6.01. The van der Waals surface area contributed by atoms with Gasteiger partial charge in [-0.2, -0.15) is 4.98 Å². The Hall–Kier alpha value is -1.69. The van der Waals surface area contributed by atoms with Crippen LogP contribution in [-0.2, 0) is 0 Å². The quantitative estimate of drug-likeness (QED) is 0.865. The molecule has 1 saturated carbocycles. The van der Waals surface area contributed by atoms with Gasteiger partial charge in [0.25, 0.3) is 0 Å². The van der Waals surface area contributed by atoms with Crippen molar-refractivity contribution in [2.75, 3.05) is 18.0 Å². The Bertz CT molecular complexity index is 688. The van der Waals surface area contributed by atoms with Gasteiger partial charge in [-0.15, -0.1) is 0 Å². The van der Waals surface area contributed by atoms with E-state index >= 15 is 0 Å². The summed E-state index contributed by atoms with van der Waals surface area (Å²) in [6.45, 7) is 1.42. The van der Waals surface area contributed by atoms with Crippen molar-refractivity contribution in [1.29, 1.82) is 0 Å². The topological polar surface area (TPSA) is 55.1 Å². The average molecular weight is 323 g/mol. The summed E-state index contributed by atoms with van der Waals surface area (Å²) in [5.41, 5.74) is 0. The number of nitrogens with zero attached hydrogens (tertiary/aromatic N) is 4. The standard InChI is InChI=1S/C15H16ClFN4O/c16-11-6-12(17)14(18-7-11)21-5-1-2-10(8-21)13-19-15(22-20-13)9-3-4-9/h6-7,9-10H,1-5,8H2/t10-/m1/s1. The molecule has 1 aliphatic heterocycles. The Kier molecular flexibility index (Phi) is 3.48. The van der Waals surface area contributed by atoms with Crippen LogP contribution < -0.4 is 4.90 Å². The number of halogens is 2. The van der Waals surface area contributed by atoms with Gasteiger partial charge in [-0.3, -0.25) is 0 Å². The summed E-state index contributed by atoms with van der Waals surface area (Å²) in [4.78, 5) is 10.6. The molecular formula is C15H16ClFN4O. The molecule has 2 aromatic heterocycles. The molecule has 2 fully saturated rings. The Morgan fingerprint density at radius 2 is 2.14 bits per heavy atom. The molecule has 3 heterocycles. The molecule has 22 heavy (non-hydrogen) atoms. The van der Waals surface area contributed by atoms with Crippen molar-refractivity contribution in [3.63, 3.8) is 0 Å². The fourth-order valence-electron chi connectivity index (χ4n) is 2.93. The number of hydrogen-bond acceptors (Lipinski definition) is 5. The van der Waals surface area contributed by atoms with E-state index in [1.54, 1.807) is 0 Å². The van der Waals surface area contributed by atoms with Gasteiger partial charge >= 0.3 is 0 Å². The van der Waals surface area contributed by atoms with Gasteiger partial charge in [-0.05, 0) is 31.7 Å². The van der Waals surface area contributed by atoms with E-state index in [0.717, 1.165) is 43.9 Å². The highest BCUT2D eigenvalue weighted by Gasteiger charge is 2.32.